The third-order valence-electron chi connectivity index (χ3n) is 18.7. The molecule has 1 aliphatic heterocycles. The second kappa shape index (κ2) is 52.1. The highest BCUT2D eigenvalue weighted by Crippen LogP contribution is 2.22. The van der Waals surface area contributed by atoms with E-state index in [2.05, 4.69) is 68.5 Å². The summed E-state index contributed by atoms with van der Waals surface area (Å²) in [5.41, 5.74) is 53.0. The fraction of sp³-hybridized carbons (Fsp3) is 0.640. The molecule has 2 aromatic carbocycles. The molecule has 626 valence electrons. The zero-order chi connectivity index (χ0) is 83.4. The fourth-order valence-corrected chi connectivity index (χ4v) is 12.4. The van der Waals surface area contributed by atoms with Gasteiger partial charge >= 0.3 is 0 Å². The molecule has 0 aliphatic carbocycles. The molecule has 13 amide bonds. The molecule has 1 fully saturated rings. The van der Waals surface area contributed by atoms with Crippen molar-refractivity contribution >= 4 is 88.7 Å². The van der Waals surface area contributed by atoms with E-state index in [4.69, 9.17) is 51.6 Å². The summed E-state index contributed by atoms with van der Waals surface area (Å²) in [7, 11) is 0. The SMILES string of the molecule is CCC(C)[C@H](NC(=O)[C@H](CCCCN)NC(=O)[C@H](CCCN=C(N)N)NC(=O)[C@H](CC(C)C)NC(=O)[C@H](Cc1ccccc1)NC(=O)CNC(=O)CNC(=O)[C@@H](N)Cc1ccc(O)cc1)C(=O)N[C@@H](CCCN=C(N)N)C(=O)N1CCC[C@H]1C(=O)N[C@@H](CCCCN)C(=O)N[C@@H](CC(C)C)C(=O)N[C@@H](CCCCN)C(N)=O. The number of primary amides is 1. The van der Waals surface area contributed by atoms with Crippen LogP contribution in [0.15, 0.2) is 64.6 Å². The monoisotopic (exact) mass is 1570 g/mol. The lowest BCUT2D eigenvalue weighted by Crippen LogP contribution is -2.61. The number of hydrogen-bond acceptors (Lipinski definition) is 20. The topological polar surface area (TPSA) is 637 Å². The van der Waals surface area contributed by atoms with Crippen LogP contribution in [0.4, 0.5) is 0 Å². The molecular weight excluding hydrogens is 1450 g/mol. The number of aliphatic imine (C=N–C) groups is 2. The van der Waals surface area contributed by atoms with Crippen LogP contribution in [0.5, 0.6) is 5.75 Å². The number of likely N-dealkylation sites (tertiary alicyclic amines) is 1. The van der Waals surface area contributed by atoms with E-state index in [0.717, 1.165) is 0 Å². The first-order valence-electron chi connectivity index (χ1n) is 38.9. The van der Waals surface area contributed by atoms with Crippen molar-refractivity contribution in [2.45, 2.75) is 236 Å². The second-order valence-electron chi connectivity index (χ2n) is 29.2. The zero-order valence-electron chi connectivity index (χ0n) is 65.9. The van der Waals surface area contributed by atoms with Crippen molar-refractivity contribution in [2.24, 2.45) is 79.3 Å². The van der Waals surface area contributed by atoms with Crippen LogP contribution in [-0.4, -0.2) is 218 Å². The lowest BCUT2D eigenvalue weighted by atomic mass is 9.96. The third kappa shape index (κ3) is 36.7. The Morgan fingerprint density at radius 1 is 0.464 bits per heavy atom. The van der Waals surface area contributed by atoms with Crippen molar-refractivity contribution in [1.29, 1.82) is 0 Å². The summed E-state index contributed by atoms with van der Waals surface area (Å²) in [5.74, 6) is -11.2. The first kappa shape index (κ1) is 95.9. The van der Waals surface area contributed by atoms with Gasteiger partial charge in [0, 0.05) is 26.1 Å². The van der Waals surface area contributed by atoms with Gasteiger partial charge in [-0.3, -0.25) is 72.3 Å². The summed E-state index contributed by atoms with van der Waals surface area (Å²) in [5, 5.41) is 39.3. The molecule has 1 heterocycles. The number of guanidine groups is 2. The Balaban J connectivity index is 1.94. The Hall–Kier alpha value is -10.3. The van der Waals surface area contributed by atoms with Gasteiger partial charge in [-0.25, -0.2) is 0 Å². The van der Waals surface area contributed by atoms with E-state index in [1.165, 1.54) is 17.0 Å². The largest absolute Gasteiger partial charge is 0.508 e. The number of hydrogen-bond donors (Lipinski definition) is 21. The van der Waals surface area contributed by atoms with Gasteiger partial charge in [0.2, 0.25) is 76.8 Å². The lowest BCUT2D eigenvalue weighted by molar-refractivity contribution is -0.143. The summed E-state index contributed by atoms with van der Waals surface area (Å²) >= 11 is 0. The number of carbonyl (C=O) groups is 13. The highest BCUT2D eigenvalue weighted by molar-refractivity contribution is 6.00. The molecule has 0 spiro atoms. The highest BCUT2D eigenvalue weighted by Gasteiger charge is 2.42. The number of phenolic OH excluding ortho intramolecular Hbond substituents is 1. The Labute approximate surface area is 656 Å². The molecule has 12 atom stereocenters. The summed E-state index contributed by atoms with van der Waals surface area (Å²) in [6, 6.07) is 0.990. The average Bonchev–Trinajstić information content (AvgIpc) is 1.77. The first-order chi connectivity index (χ1) is 53.2. The molecule has 2 aromatic rings. The number of carbonyl (C=O) groups excluding carboxylic acids is 13. The van der Waals surface area contributed by atoms with Crippen molar-refractivity contribution in [3.8, 4) is 5.75 Å². The minimum Gasteiger partial charge on any atom is -0.508 e. The molecule has 30 N–H and O–H groups in total. The van der Waals surface area contributed by atoms with Crippen molar-refractivity contribution < 1.29 is 67.4 Å². The summed E-state index contributed by atoms with van der Waals surface area (Å²) < 4.78 is 0. The number of phenols is 1. The molecule has 112 heavy (non-hydrogen) atoms. The molecule has 1 saturated heterocycles. The molecule has 0 saturated carbocycles. The highest BCUT2D eigenvalue weighted by atomic mass is 16.3. The van der Waals surface area contributed by atoms with Crippen LogP contribution >= 0.6 is 0 Å². The van der Waals surface area contributed by atoms with E-state index >= 15 is 4.79 Å². The minimum absolute atomic E-state index is 0.00611. The van der Waals surface area contributed by atoms with Gasteiger partial charge in [-0.15, -0.1) is 0 Å². The number of unbranched alkanes of at least 4 members (excludes halogenated alkanes) is 3. The minimum atomic E-state index is -1.42. The van der Waals surface area contributed by atoms with Crippen LogP contribution in [0.1, 0.15) is 168 Å². The molecule has 37 heteroatoms. The standard InChI is InChI=1S/C75H127N23O14/c1-7-46(6)62(72(111)94-55(26-18-36-86-75(83)84)73(112)98-37-19-27-59(98)71(110)93-52(23-12-15-33-77)66(105)95-56(38-44(2)3)68(107)90-51(63(80)102)22-11-14-32-76)97-67(106)53(24-13-16-34-78)91-65(104)54(25-17-35-85-74(81)82)92-69(108)57(39-45(4)5)96-70(109)58(41-47-20-9-8-10-21-47)89-61(101)43-87-60(100)42-88-64(103)50(79)40-48-28-30-49(99)31-29-48/h8-10,20-21,28-31,44-46,50-59,62,99H,7,11-19,22-27,32-43,76-79H2,1-6H3,(H2,80,102)(H,87,100)(H,88,103)(H,89,101)(H,90,107)(H,91,104)(H,92,108)(H,93,110)(H,94,111)(H,95,105)(H,96,109)(H,97,106)(H4,81,82,85)(H4,83,84,86)/t46?,50-,51-,52-,53-,54-,55-,56-,57-,58-,59-,62-/m0/s1. The van der Waals surface area contributed by atoms with Gasteiger partial charge in [0.15, 0.2) is 11.9 Å². The Morgan fingerprint density at radius 2 is 0.893 bits per heavy atom. The van der Waals surface area contributed by atoms with E-state index in [-0.39, 0.29) is 139 Å². The zero-order valence-corrected chi connectivity index (χ0v) is 65.9. The van der Waals surface area contributed by atoms with Gasteiger partial charge in [-0.1, -0.05) is 90.4 Å². The number of amides is 13. The van der Waals surface area contributed by atoms with Crippen LogP contribution in [0.25, 0.3) is 0 Å². The Morgan fingerprint density at radius 3 is 1.38 bits per heavy atom. The number of benzene rings is 2. The molecule has 0 aromatic heterocycles. The Kier molecular flexibility index (Phi) is 44.6. The van der Waals surface area contributed by atoms with Crippen LogP contribution < -0.4 is 110 Å². The Bertz CT molecular complexity index is 3400. The molecule has 37 nitrogen and oxygen atoms in total. The number of nitrogens with two attached hydrogens (primary N) is 9. The number of aromatic hydroxyl groups is 1. The molecular formula is C75H127N23O14. The van der Waals surface area contributed by atoms with Crippen LogP contribution in [0.2, 0.25) is 0 Å². The van der Waals surface area contributed by atoms with Gasteiger partial charge in [-0.05, 0) is 176 Å². The van der Waals surface area contributed by atoms with Crippen molar-refractivity contribution in [3.63, 3.8) is 0 Å². The van der Waals surface area contributed by atoms with Gasteiger partial charge in [0.1, 0.15) is 66.2 Å². The van der Waals surface area contributed by atoms with Gasteiger partial charge < -0.3 is 120 Å². The number of rotatable bonds is 54. The molecule has 3 rings (SSSR count). The van der Waals surface area contributed by atoms with E-state index in [1.807, 2.05) is 13.8 Å². The molecule has 1 unspecified atom stereocenters. The predicted octanol–water partition coefficient (Wildman–Crippen LogP) is -3.79. The molecule has 0 bridgehead atoms. The van der Waals surface area contributed by atoms with Crippen molar-refractivity contribution in [2.75, 3.05) is 52.4 Å². The quantitative estimate of drug-likeness (QED) is 0.0172. The summed E-state index contributed by atoms with van der Waals surface area (Å²) in [6.45, 7) is 10.5. The lowest BCUT2D eigenvalue weighted by Gasteiger charge is -2.32. The maximum Gasteiger partial charge on any atom is 0.245 e. The average molecular weight is 1570 g/mol. The van der Waals surface area contributed by atoms with Gasteiger partial charge in [-0.2, -0.15) is 0 Å². The smallest absolute Gasteiger partial charge is 0.245 e. The van der Waals surface area contributed by atoms with Crippen LogP contribution in [0.3, 0.4) is 0 Å². The van der Waals surface area contributed by atoms with Crippen molar-refractivity contribution in [3.05, 3.63) is 65.7 Å². The third-order valence-corrected chi connectivity index (χ3v) is 18.7. The van der Waals surface area contributed by atoms with E-state index in [0.29, 0.717) is 69.0 Å². The van der Waals surface area contributed by atoms with E-state index in [9.17, 15) is 62.6 Å². The number of nitrogens with one attached hydrogen (secondary N) is 11. The first-order valence-corrected chi connectivity index (χ1v) is 38.9. The summed E-state index contributed by atoms with van der Waals surface area (Å²) in [6.07, 6.45) is 4.11. The molecule has 0 radical (unpaired) electrons. The van der Waals surface area contributed by atoms with E-state index < -0.39 is 162 Å². The van der Waals surface area contributed by atoms with E-state index in [1.54, 1.807) is 70.2 Å². The summed E-state index contributed by atoms with van der Waals surface area (Å²) in [4.78, 5) is 192. The maximum absolute atomic E-state index is 15.0. The van der Waals surface area contributed by atoms with Gasteiger partial charge in [0.25, 0.3) is 0 Å². The van der Waals surface area contributed by atoms with Gasteiger partial charge in [0.05, 0.1) is 19.1 Å². The van der Waals surface area contributed by atoms with Crippen LogP contribution in [-0.2, 0) is 75.2 Å². The maximum atomic E-state index is 15.0. The predicted molar refractivity (Wildman–Crippen MR) is 424 cm³/mol. The molecule has 1 aliphatic rings. The normalized spacial score (nSPS) is 15.5. The number of nitrogens with zero attached hydrogens (tertiary/aromatic N) is 3. The van der Waals surface area contributed by atoms with Crippen molar-refractivity contribution in [1.82, 2.24) is 63.4 Å². The fourth-order valence-electron chi connectivity index (χ4n) is 12.4. The van der Waals surface area contributed by atoms with Crippen LogP contribution in [0, 0.1) is 17.8 Å². The second-order valence-corrected chi connectivity index (χ2v) is 29.2.